The molecule has 0 spiro atoms. The summed E-state index contributed by atoms with van der Waals surface area (Å²) in [7, 11) is 6.65. The molecule has 1 N–H and O–H groups in total. The van der Waals surface area contributed by atoms with Crippen LogP contribution in [0.15, 0.2) is 30.3 Å². The molecule has 0 saturated heterocycles. The molecule has 0 aliphatic heterocycles. The Morgan fingerprint density at radius 3 is 2.12 bits per heavy atom. The normalized spacial score (nSPS) is 12.4. The molecule has 33 heavy (non-hydrogen) atoms. The first-order valence-electron chi connectivity index (χ1n) is 13.1. The van der Waals surface area contributed by atoms with Gasteiger partial charge in [-0.25, -0.2) is 4.79 Å². The monoisotopic (exact) mass is 461 g/mol. The van der Waals surface area contributed by atoms with Crippen molar-refractivity contribution in [1.29, 1.82) is 0 Å². The van der Waals surface area contributed by atoms with Crippen molar-refractivity contribution in [3.8, 4) is 0 Å². The van der Waals surface area contributed by atoms with E-state index in [4.69, 9.17) is 4.74 Å². The summed E-state index contributed by atoms with van der Waals surface area (Å²) < 4.78 is 6.53. The van der Waals surface area contributed by atoms with E-state index < -0.39 is 6.04 Å². The van der Waals surface area contributed by atoms with Crippen molar-refractivity contribution in [1.82, 2.24) is 5.32 Å². The van der Waals surface area contributed by atoms with Crippen LogP contribution in [0, 0.1) is 0 Å². The number of hydrogen-bond acceptors (Lipinski definition) is 3. The molecule has 5 nitrogen and oxygen atoms in total. The number of esters is 1. The minimum Gasteiger partial charge on any atom is -0.464 e. The quantitative estimate of drug-likeness (QED) is 0.164. The minimum atomic E-state index is -0.621. The second kappa shape index (κ2) is 17.6. The molecular weight excluding hydrogens is 412 g/mol. The van der Waals surface area contributed by atoms with Gasteiger partial charge < -0.3 is 14.5 Å². The Balaban J connectivity index is 2.37. The first-order valence-corrected chi connectivity index (χ1v) is 13.1. The lowest BCUT2D eigenvalue weighted by Gasteiger charge is -2.23. The summed E-state index contributed by atoms with van der Waals surface area (Å²) in [6.07, 6.45) is 13.3. The van der Waals surface area contributed by atoms with Crippen molar-refractivity contribution in [2.45, 2.75) is 96.4 Å². The first-order chi connectivity index (χ1) is 15.8. The summed E-state index contributed by atoms with van der Waals surface area (Å²) in [5.74, 6) is -0.375. The first kappa shape index (κ1) is 29.2. The highest BCUT2D eigenvalue weighted by Crippen LogP contribution is 2.10. The predicted octanol–water partition coefficient (Wildman–Crippen LogP) is 5.66. The van der Waals surface area contributed by atoms with Gasteiger partial charge in [0.05, 0.1) is 34.3 Å². The Bertz CT molecular complexity index is 640. The maximum Gasteiger partial charge on any atom is 0.328 e. The van der Waals surface area contributed by atoms with Gasteiger partial charge in [0.15, 0.2) is 0 Å². The molecule has 1 amide bonds. The Labute approximate surface area is 202 Å². The maximum atomic E-state index is 12.7. The molecule has 0 aliphatic rings. The van der Waals surface area contributed by atoms with Gasteiger partial charge >= 0.3 is 5.97 Å². The van der Waals surface area contributed by atoms with E-state index in [9.17, 15) is 9.59 Å². The third kappa shape index (κ3) is 16.4. The summed E-state index contributed by atoms with van der Waals surface area (Å²) in [5, 5.41) is 2.94. The molecule has 0 aromatic heterocycles. The van der Waals surface area contributed by atoms with Crippen molar-refractivity contribution < 1.29 is 18.8 Å². The summed E-state index contributed by atoms with van der Waals surface area (Å²) in [6, 6.07) is 9.20. The van der Waals surface area contributed by atoms with Gasteiger partial charge in [0.25, 0.3) is 0 Å². The molecule has 5 heteroatoms. The highest BCUT2D eigenvalue weighted by molar-refractivity contribution is 5.84. The SMILES string of the molecule is CCCCCCCCOC(=O)C(Cc1ccccc1)NC(=O)CCCCCCC[N+](C)(C)C. The van der Waals surface area contributed by atoms with Crippen LogP contribution >= 0.6 is 0 Å². The van der Waals surface area contributed by atoms with Crippen LogP contribution in [-0.2, 0) is 20.7 Å². The van der Waals surface area contributed by atoms with Crippen LogP contribution in [0.4, 0.5) is 0 Å². The molecule has 0 heterocycles. The van der Waals surface area contributed by atoms with Crippen LogP contribution in [-0.4, -0.2) is 56.7 Å². The lowest BCUT2D eigenvalue weighted by molar-refractivity contribution is -0.870. The van der Waals surface area contributed by atoms with Crippen molar-refractivity contribution in [2.75, 3.05) is 34.3 Å². The molecule has 0 aliphatic carbocycles. The zero-order valence-corrected chi connectivity index (χ0v) is 21.7. The highest BCUT2D eigenvalue weighted by Gasteiger charge is 2.22. The third-order valence-electron chi connectivity index (χ3n) is 5.88. The number of nitrogens with zero attached hydrogens (tertiary/aromatic N) is 1. The van der Waals surface area contributed by atoms with Crippen LogP contribution in [0.2, 0.25) is 0 Å². The number of hydrogen-bond donors (Lipinski definition) is 1. The van der Waals surface area contributed by atoms with Crippen molar-refractivity contribution in [3.05, 3.63) is 35.9 Å². The fourth-order valence-corrected chi connectivity index (χ4v) is 3.87. The van der Waals surface area contributed by atoms with E-state index in [0.29, 0.717) is 19.4 Å². The van der Waals surface area contributed by atoms with Gasteiger partial charge in [0, 0.05) is 12.8 Å². The summed E-state index contributed by atoms with van der Waals surface area (Å²) in [6.45, 7) is 3.82. The molecule has 0 bridgehead atoms. The standard InChI is InChI=1S/C28H48N2O3/c1-5-6-7-8-12-18-23-33-28(32)26(24-25-19-14-13-15-20-25)29-27(31)21-16-10-9-11-17-22-30(2,3)4/h13-15,19-20,26H,5-12,16-18,21-24H2,1-4H3/p+1. The molecule has 0 saturated carbocycles. The number of nitrogens with one attached hydrogen (secondary N) is 1. The maximum absolute atomic E-state index is 12.7. The van der Waals surface area contributed by atoms with Gasteiger partial charge in [0.1, 0.15) is 6.04 Å². The number of unbranched alkanes of at least 4 members (excludes halogenated alkanes) is 9. The summed E-state index contributed by atoms with van der Waals surface area (Å²) in [5.41, 5.74) is 1.02. The Morgan fingerprint density at radius 2 is 1.45 bits per heavy atom. The fourth-order valence-electron chi connectivity index (χ4n) is 3.87. The predicted molar refractivity (Wildman–Crippen MR) is 137 cm³/mol. The molecule has 188 valence electrons. The van der Waals surface area contributed by atoms with Crippen LogP contribution in [0.25, 0.3) is 0 Å². The van der Waals surface area contributed by atoms with E-state index in [1.54, 1.807) is 0 Å². The second-order valence-electron chi connectivity index (χ2n) is 10.3. The Hall–Kier alpha value is -1.88. The smallest absolute Gasteiger partial charge is 0.328 e. The van der Waals surface area contributed by atoms with E-state index in [2.05, 4.69) is 33.4 Å². The number of amides is 1. The van der Waals surface area contributed by atoms with Gasteiger partial charge in [-0.1, -0.05) is 82.2 Å². The van der Waals surface area contributed by atoms with Gasteiger partial charge in [-0.2, -0.15) is 0 Å². The van der Waals surface area contributed by atoms with Gasteiger partial charge in [-0.05, 0) is 31.2 Å². The number of benzene rings is 1. The Kier molecular flexibility index (Phi) is 15.5. The van der Waals surface area contributed by atoms with Gasteiger partial charge in [-0.15, -0.1) is 0 Å². The minimum absolute atomic E-state index is 0.0567. The average Bonchev–Trinajstić information content (AvgIpc) is 2.77. The molecule has 1 unspecified atom stereocenters. The lowest BCUT2D eigenvalue weighted by atomic mass is 10.1. The van der Waals surface area contributed by atoms with Gasteiger partial charge in [-0.3, -0.25) is 4.79 Å². The summed E-state index contributed by atoms with van der Waals surface area (Å²) in [4.78, 5) is 25.2. The lowest BCUT2D eigenvalue weighted by Crippen LogP contribution is -2.43. The highest BCUT2D eigenvalue weighted by atomic mass is 16.5. The van der Waals surface area contributed by atoms with Crippen LogP contribution < -0.4 is 5.32 Å². The average molecular weight is 462 g/mol. The van der Waals surface area contributed by atoms with E-state index in [-0.39, 0.29) is 11.9 Å². The molecule has 0 radical (unpaired) electrons. The second-order valence-corrected chi connectivity index (χ2v) is 10.3. The number of carbonyl (C=O) groups is 2. The van der Waals surface area contributed by atoms with Crippen molar-refractivity contribution in [3.63, 3.8) is 0 Å². The summed E-state index contributed by atoms with van der Waals surface area (Å²) >= 11 is 0. The number of ether oxygens (including phenoxy) is 1. The molecule has 1 atom stereocenters. The number of rotatable bonds is 19. The van der Waals surface area contributed by atoms with Crippen LogP contribution in [0.3, 0.4) is 0 Å². The van der Waals surface area contributed by atoms with E-state index in [1.165, 1.54) is 45.1 Å². The van der Waals surface area contributed by atoms with E-state index in [1.807, 2.05) is 30.3 Å². The van der Waals surface area contributed by atoms with Crippen LogP contribution in [0.1, 0.15) is 89.5 Å². The number of carbonyl (C=O) groups excluding carboxylic acids is 2. The molecule has 1 aromatic rings. The Morgan fingerprint density at radius 1 is 0.848 bits per heavy atom. The molecule has 1 aromatic carbocycles. The van der Waals surface area contributed by atoms with E-state index in [0.717, 1.165) is 42.2 Å². The largest absolute Gasteiger partial charge is 0.464 e. The van der Waals surface area contributed by atoms with Crippen molar-refractivity contribution in [2.24, 2.45) is 0 Å². The third-order valence-corrected chi connectivity index (χ3v) is 5.88. The molecule has 1 rings (SSSR count). The van der Waals surface area contributed by atoms with Crippen molar-refractivity contribution >= 4 is 11.9 Å². The van der Waals surface area contributed by atoms with Gasteiger partial charge in [0.2, 0.25) is 5.91 Å². The molecular formula is C28H49N2O3+. The number of quaternary nitrogens is 1. The molecule has 0 fully saturated rings. The zero-order valence-electron chi connectivity index (χ0n) is 21.7. The zero-order chi connectivity index (χ0) is 24.4. The topological polar surface area (TPSA) is 55.4 Å². The van der Waals surface area contributed by atoms with E-state index >= 15 is 0 Å². The fraction of sp³-hybridized carbons (Fsp3) is 0.714. The van der Waals surface area contributed by atoms with Crippen LogP contribution in [0.5, 0.6) is 0 Å².